The van der Waals surface area contributed by atoms with E-state index >= 15 is 0 Å². The number of nitrogens with two attached hydrogens (primary N) is 1. The van der Waals surface area contributed by atoms with E-state index in [1.54, 1.807) is 18.2 Å². The molecule has 1 aliphatic rings. The third-order valence-corrected chi connectivity index (χ3v) is 4.98. The van der Waals surface area contributed by atoms with Gasteiger partial charge >= 0.3 is 0 Å². The second-order valence-electron chi connectivity index (χ2n) is 3.93. The maximum atomic E-state index is 12.2. The normalized spacial score (nSPS) is 16.8. The van der Waals surface area contributed by atoms with Gasteiger partial charge in [0.25, 0.3) is 0 Å². The number of hydrogen-bond donors (Lipinski definition) is 1. The molecule has 6 heteroatoms. The number of sulfone groups is 1. The minimum atomic E-state index is -3.28. The molecule has 5 nitrogen and oxygen atoms in total. The van der Waals surface area contributed by atoms with Crippen molar-refractivity contribution in [2.75, 3.05) is 19.8 Å². The first-order valence-electron chi connectivity index (χ1n) is 5.37. The topological polar surface area (TPSA) is 78.6 Å². The average Bonchev–Trinajstić information content (AvgIpc) is 2.23. The van der Waals surface area contributed by atoms with E-state index in [-0.39, 0.29) is 13.2 Å². The Morgan fingerprint density at radius 3 is 2.65 bits per heavy atom. The van der Waals surface area contributed by atoms with Crippen molar-refractivity contribution in [1.82, 2.24) is 0 Å². The Hall–Kier alpha value is -0.950. The van der Waals surface area contributed by atoms with Crippen LogP contribution in [0.2, 0.25) is 0 Å². The molecule has 1 fully saturated rings. The van der Waals surface area contributed by atoms with Crippen molar-refractivity contribution < 1.29 is 18.0 Å². The van der Waals surface area contributed by atoms with Crippen LogP contribution in [0.15, 0.2) is 29.2 Å². The summed E-state index contributed by atoms with van der Waals surface area (Å²) in [5, 5.41) is -0.414. The first-order chi connectivity index (χ1) is 8.16. The lowest BCUT2D eigenvalue weighted by atomic mass is 10.2. The highest BCUT2D eigenvalue weighted by atomic mass is 32.2. The Kier molecular flexibility index (Phi) is 3.78. The van der Waals surface area contributed by atoms with Gasteiger partial charge in [-0.1, -0.05) is 18.2 Å². The van der Waals surface area contributed by atoms with Crippen LogP contribution < -0.4 is 5.90 Å². The molecule has 2 rings (SSSR count). The maximum Gasteiger partial charge on any atom is 0.186 e. The van der Waals surface area contributed by atoms with Crippen molar-refractivity contribution in [3.05, 3.63) is 29.8 Å². The van der Waals surface area contributed by atoms with E-state index in [1.807, 2.05) is 6.07 Å². The molecule has 0 bridgehead atoms. The standard InChI is InChI=1S/C11H15NO4S/c12-16-6-5-9-3-1-2-4-11(9)17(13,14)10-7-15-8-10/h1-4,10H,5-8,12H2. The highest BCUT2D eigenvalue weighted by Crippen LogP contribution is 2.24. The number of hydrogen-bond acceptors (Lipinski definition) is 5. The van der Waals surface area contributed by atoms with Gasteiger partial charge in [0.15, 0.2) is 9.84 Å². The summed E-state index contributed by atoms with van der Waals surface area (Å²) in [7, 11) is -3.28. The fourth-order valence-corrected chi connectivity index (χ4v) is 3.44. The van der Waals surface area contributed by atoms with Gasteiger partial charge in [-0.2, -0.15) is 0 Å². The minimum absolute atomic E-state index is 0.282. The number of rotatable bonds is 5. The van der Waals surface area contributed by atoms with Crippen LogP contribution in [0.5, 0.6) is 0 Å². The molecule has 1 aromatic rings. The van der Waals surface area contributed by atoms with E-state index in [4.69, 9.17) is 10.6 Å². The first kappa shape index (κ1) is 12.5. The summed E-state index contributed by atoms with van der Waals surface area (Å²) in [6.45, 7) is 0.863. The lowest BCUT2D eigenvalue weighted by Gasteiger charge is -2.26. The molecule has 0 unspecified atom stereocenters. The number of benzene rings is 1. The van der Waals surface area contributed by atoms with Gasteiger partial charge in [0.05, 0.1) is 24.7 Å². The van der Waals surface area contributed by atoms with E-state index in [9.17, 15) is 8.42 Å². The predicted octanol–water partition coefficient (Wildman–Crippen LogP) is 0.292. The van der Waals surface area contributed by atoms with Gasteiger partial charge in [-0.05, 0) is 18.1 Å². The van der Waals surface area contributed by atoms with Gasteiger partial charge in [0, 0.05) is 0 Å². The van der Waals surface area contributed by atoms with Gasteiger partial charge in [-0.15, -0.1) is 0 Å². The lowest BCUT2D eigenvalue weighted by Crippen LogP contribution is -2.41. The van der Waals surface area contributed by atoms with Crippen LogP contribution in [0.3, 0.4) is 0 Å². The molecule has 1 saturated heterocycles. The third-order valence-electron chi connectivity index (χ3n) is 2.81. The minimum Gasteiger partial charge on any atom is -0.379 e. The van der Waals surface area contributed by atoms with Crippen molar-refractivity contribution in [3.63, 3.8) is 0 Å². The van der Waals surface area contributed by atoms with Gasteiger partial charge in [0.2, 0.25) is 0 Å². The summed E-state index contributed by atoms with van der Waals surface area (Å²) in [6, 6.07) is 6.94. The molecule has 0 amide bonds. The zero-order chi connectivity index (χ0) is 12.3. The van der Waals surface area contributed by atoms with E-state index < -0.39 is 15.1 Å². The Bertz CT molecular complexity index is 482. The van der Waals surface area contributed by atoms with Crippen molar-refractivity contribution in [3.8, 4) is 0 Å². The molecule has 0 aromatic heterocycles. The monoisotopic (exact) mass is 257 g/mol. The lowest BCUT2D eigenvalue weighted by molar-refractivity contribution is 0.0415. The van der Waals surface area contributed by atoms with Crippen molar-refractivity contribution >= 4 is 9.84 Å². The zero-order valence-electron chi connectivity index (χ0n) is 9.33. The molecule has 0 radical (unpaired) electrons. The highest BCUT2D eigenvalue weighted by molar-refractivity contribution is 7.92. The molecule has 2 N–H and O–H groups in total. The van der Waals surface area contributed by atoms with Crippen molar-refractivity contribution in [2.45, 2.75) is 16.6 Å². The van der Waals surface area contributed by atoms with Gasteiger partial charge in [-0.25, -0.2) is 14.3 Å². The smallest absolute Gasteiger partial charge is 0.186 e. The van der Waals surface area contributed by atoms with Crippen LogP contribution in [0.4, 0.5) is 0 Å². The van der Waals surface area contributed by atoms with E-state index in [1.165, 1.54) is 0 Å². The zero-order valence-corrected chi connectivity index (χ0v) is 10.2. The van der Waals surface area contributed by atoms with Gasteiger partial charge in [-0.3, -0.25) is 0 Å². The Morgan fingerprint density at radius 2 is 2.06 bits per heavy atom. The summed E-state index contributed by atoms with van der Waals surface area (Å²) in [6.07, 6.45) is 0.486. The molecule has 94 valence electrons. The number of ether oxygens (including phenoxy) is 1. The molecular weight excluding hydrogens is 242 g/mol. The molecule has 0 spiro atoms. The summed E-state index contributed by atoms with van der Waals surface area (Å²) < 4.78 is 29.4. The van der Waals surface area contributed by atoms with Crippen LogP contribution in [0.1, 0.15) is 5.56 Å². The summed E-state index contributed by atoms with van der Waals surface area (Å²) in [4.78, 5) is 4.86. The third kappa shape index (κ3) is 2.50. The van der Waals surface area contributed by atoms with E-state index in [0.717, 1.165) is 5.56 Å². The van der Waals surface area contributed by atoms with Crippen LogP contribution >= 0.6 is 0 Å². The summed E-state index contributed by atoms with van der Waals surface area (Å²) in [5.74, 6) is 4.96. The second kappa shape index (κ2) is 5.14. The molecule has 1 aliphatic heterocycles. The first-order valence-corrected chi connectivity index (χ1v) is 6.92. The SMILES string of the molecule is NOCCc1ccccc1S(=O)(=O)C1COC1. The quantitative estimate of drug-likeness (QED) is 0.767. The molecule has 17 heavy (non-hydrogen) atoms. The fourth-order valence-electron chi connectivity index (χ4n) is 1.73. The second-order valence-corrected chi connectivity index (χ2v) is 6.13. The van der Waals surface area contributed by atoms with E-state index in [2.05, 4.69) is 4.84 Å². The predicted molar refractivity (Wildman–Crippen MR) is 62.1 cm³/mol. The molecule has 1 aromatic carbocycles. The molecule has 0 aliphatic carbocycles. The van der Waals surface area contributed by atoms with Crippen molar-refractivity contribution in [2.24, 2.45) is 5.90 Å². The van der Waals surface area contributed by atoms with Crippen LogP contribution in [-0.4, -0.2) is 33.5 Å². The van der Waals surface area contributed by atoms with Crippen LogP contribution in [0.25, 0.3) is 0 Å². The summed E-state index contributed by atoms with van der Waals surface area (Å²) in [5.41, 5.74) is 0.741. The van der Waals surface area contributed by atoms with Crippen molar-refractivity contribution in [1.29, 1.82) is 0 Å². The van der Waals surface area contributed by atoms with Gasteiger partial charge < -0.3 is 9.57 Å². The highest BCUT2D eigenvalue weighted by Gasteiger charge is 2.34. The molecule has 0 saturated carbocycles. The molecule has 0 atom stereocenters. The Balaban J connectivity index is 2.30. The van der Waals surface area contributed by atoms with Crippen LogP contribution in [-0.2, 0) is 25.8 Å². The average molecular weight is 257 g/mol. The molecular formula is C11H15NO4S. The largest absolute Gasteiger partial charge is 0.379 e. The summed E-state index contributed by atoms with van der Waals surface area (Å²) >= 11 is 0. The van der Waals surface area contributed by atoms with Crippen LogP contribution in [0, 0.1) is 0 Å². The van der Waals surface area contributed by atoms with Gasteiger partial charge in [0.1, 0.15) is 5.25 Å². The fraction of sp³-hybridized carbons (Fsp3) is 0.455. The maximum absolute atomic E-state index is 12.2. The van der Waals surface area contributed by atoms with E-state index in [0.29, 0.717) is 17.9 Å². The Morgan fingerprint density at radius 1 is 1.35 bits per heavy atom. The molecule has 1 heterocycles. The Labute approximate surface area is 100 Å².